The topological polar surface area (TPSA) is 23.6 Å². The molecule has 0 unspecified atom stereocenters. The SMILES string of the molecule is CCc1ccc(N(C(=O)c2ccccc2)C2CCN(Cc3ccc(C)cc3)CC2)cc1. The summed E-state index contributed by atoms with van der Waals surface area (Å²) in [6, 6.07) is 27.2. The van der Waals surface area contributed by atoms with Gasteiger partial charge in [0.15, 0.2) is 0 Å². The van der Waals surface area contributed by atoms with E-state index in [1.165, 1.54) is 16.7 Å². The highest BCUT2D eigenvalue weighted by molar-refractivity contribution is 6.06. The highest BCUT2D eigenvalue weighted by Gasteiger charge is 2.29. The van der Waals surface area contributed by atoms with Gasteiger partial charge in [0, 0.05) is 36.9 Å². The van der Waals surface area contributed by atoms with Crippen molar-refractivity contribution in [3.05, 3.63) is 101 Å². The molecule has 1 saturated heterocycles. The molecule has 0 aromatic heterocycles. The molecule has 1 fully saturated rings. The number of anilines is 1. The van der Waals surface area contributed by atoms with Crippen LogP contribution < -0.4 is 4.90 Å². The lowest BCUT2D eigenvalue weighted by molar-refractivity contribution is 0.0958. The number of carbonyl (C=O) groups excluding carboxylic acids is 1. The Hall–Kier alpha value is -2.91. The summed E-state index contributed by atoms with van der Waals surface area (Å²) in [5.41, 5.74) is 5.71. The number of aryl methyl sites for hydroxylation is 2. The number of piperidine rings is 1. The van der Waals surface area contributed by atoms with Crippen molar-refractivity contribution in [2.45, 2.75) is 45.7 Å². The third-order valence-electron chi connectivity index (χ3n) is 6.31. The summed E-state index contributed by atoms with van der Waals surface area (Å²) < 4.78 is 0. The average Bonchev–Trinajstić information content (AvgIpc) is 2.83. The first-order chi connectivity index (χ1) is 15.1. The molecule has 0 N–H and O–H groups in total. The Bertz CT molecular complexity index is 972. The normalized spacial score (nSPS) is 15.0. The zero-order valence-corrected chi connectivity index (χ0v) is 18.6. The summed E-state index contributed by atoms with van der Waals surface area (Å²) in [5.74, 6) is 0.0989. The Labute approximate surface area is 186 Å². The largest absolute Gasteiger partial charge is 0.305 e. The van der Waals surface area contributed by atoms with Crippen LogP contribution in [0.25, 0.3) is 0 Å². The van der Waals surface area contributed by atoms with E-state index >= 15 is 0 Å². The molecule has 3 nitrogen and oxygen atoms in total. The molecule has 0 bridgehead atoms. The van der Waals surface area contributed by atoms with Crippen LogP contribution in [0, 0.1) is 6.92 Å². The van der Waals surface area contributed by atoms with Crippen molar-refractivity contribution >= 4 is 11.6 Å². The quantitative estimate of drug-likeness (QED) is 0.506. The molecule has 31 heavy (non-hydrogen) atoms. The molecular weight excluding hydrogens is 380 g/mol. The van der Waals surface area contributed by atoms with E-state index < -0.39 is 0 Å². The van der Waals surface area contributed by atoms with Crippen LogP contribution >= 0.6 is 0 Å². The Morgan fingerprint density at radius 1 is 0.871 bits per heavy atom. The van der Waals surface area contributed by atoms with Crippen LogP contribution in [-0.4, -0.2) is 29.9 Å². The first kappa shape index (κ1) is 21.3. The Kier molecular flexibility index (Phi) is 6.83. The molecular formula is C28H32N2O. The van der Waals surface area contributed by atoms with E-state index in [1.54, 1.807) is 0 Å². The maximum absolute atomic E-state index is 13.5. The van der Waals surface area contributed by atoms with Gasteiger partial charge in [0.05, 0.1) is 0 Å². The molecule has 1 aliphatic heterocycles. The maximum atomic E-state index is 13.5. The highest BCUT2D eigenvalue weighted by atomic mass is 16.2. The minimum Gasteiger partial charge on any atom is -0.305 e. The van der Waals surface area contributed by atoms with Gasteiger partial charge in [-0.2, -0.15) is 0 Å². The van der Waals surface area contributed by atoms with Crippen LogP contribution in [0.5, 0.6) is 0 Å². The second-order valence-electron chi connectivity index (χ2n) is 8.55. The van der Waals surface area contributed by atoms with Crippen molar-refractivity contribution in [2.24, 2.45) is 0 Å². The van der Waals surface area contributed by atoms with Gasteiger partial charge in [-0.05, 0) is 61.6 Å². The average molecular weight is 413 g/mol. The van der Waals surface area contributed by atoms with Crippen molar-refractivity contribution in [2.75, 3.05) is 18.0 Å². The van der Waals surface area contributed by atoms with Crippen molar-refractivity contribution in [1.82, 2.24) is 4.90 Å². The van der Waals surface area contributed by atoms with Crippen LogP contribution in [-0.2, 0) is 13.0 Å². The molecule has 3 aromatic rings. The van der Waals surface area contributed by atoms with Gasteiger partial charge in [-0.1, -0.05) is 67.1 Å². The predicted molar refractivity (Wildman–Crippen MR) is 129 cm³/mol. The van der Waals surface area contributed by atoms with Crippen LogP contribution in [0.2, 0.25) is 0 Å². The number of likely N-dealkylation sites (tertiary alicyclic amines) is 1. The monoisotopic (exact) mass is 412 g/mol. The molecule has 3 heteroatoms. The Morgan fingerprint density at radius 3 is 2.10 bits per heavy atom. The van der Waals surface area contributed by atoms with E-state index in [1.807, 2.05) is 35.2 Å². The van der Waals surface area contributed by atoms with Gasteiger partial charge in [0.25, 0.3) is 5.91 Å². The van der Waals surface area contributed by atoms with Gasteiger partial charge in [-0.15, -0.1) is 0 Å². The van der Waals surface area contributed by atoms with E-state index in [4.69, 9.17) is 0 Å². The summed E-state index contributed by atoms with van der Waals surface area (Å²) >= 11 is 0. The van der Waals surface area contributed by atoms with Crippen LogP contribution in [0.3, 0.4) is 0 Å². The molecule has 160 valence electrons. The molecule has 1 amide bonds. The van der Waals surface area contributed by atoms with Crippen molar-refractivity contribution in [1.29, 1.82) is 0 Å². The fourth-order valence-corrected chi connectivity index (χ4v) is 4.39. The number of nitrogens with zero attached hydrogens (tertiary/aromatic N) is 2. The van der Waals surface area contributed by atoms with E-state index in [0.717, 1.165) is 50.1 Å². The molecule has 4 rings (SSSR count). The van der Waals surface area contributed by atoms with Gasteiger partial charge in [0.2, 0.25) is 0 Å². The summed E-state index contributed by atoms with van der Waals surface area (Å²) in [7, 11) is 0. The van der Waals surface area contributed by atoms with Crippen molar-refractivity contribution in [3.63, 3.8) is 0 Å². The molecule has 3 aromatic carbocycles. The predicted octanol–water partition coefficient (Wildman–Crippen LogP) is 5.87. The lowest BCUT2D eigenvalue weighted by atomic mass is 9.99. The Balaban J connectivity index is 1.50. The summed E-state index contributed by atoms with van der Waals surface area (Å²) in [5, 5.41) is 0. The number of rotatable bonds is 6. The van der Waals surface area contributed by atoms with E-state index in [-0.39, 0.29) is 11.9 Å². The molecule has 1 aliphatic rings. The smallest absolute Gasteiger partial charge is 0.258 e. The van der Waals surface area contributed by atoms with E-state index in [0.29, 0.717) is 0 Å². The molecule has 0 aliphatic carbocycles. The van der Waals surface area contributed by atoms with Crippen molar-refractivity contribution < 1.29 is 4.79 Å². The highest BCUT2D eigenvalue weighted by Crippen LogP contribution is 2.27. The van der Waals surface area contributed by atoms with Crippen LogP contribution in [0.15, 0.2) is 78.9 Å². The van der Waals surface area contributed by atoms with Gasteiger partial charge < -0.3 is 4.90 Å². The number of hydrogen-bond donors (Lipinski definition) is 0. The Morgan fingerprint density at radius 2 is 1.48 bits per heavy atom. The molecule has 0 saturated carbocycles. The number of amides is 1. The first-order valence-corrected chi connectivity index (χ1v) is 11.4. The van der Waals surface area contributed by atoms with Gasteiger partial charge in [-0.3, -0.25) is 9.69 Å². The van der Waals surface area contributed by atoms with Gasteiger partial charge in [0.1, 0.15) is 0 Å². The minimum atomic E-state index is 0.0989. The van der Waals surface area contributed by atoms with E-state index in [2.05, 4.69) is 67.3 Å². The first-order valence-electron chi connectivity index (χ1n) is 11.4. The van der Waals surface area contributed by atoms with Crippen LogP contribution in [0.1, 0.15) is 46.8 Å². The zero-order valence-electron chi connectivity index (χ0n) is 18.6. The fourth-order valence-electron chi connectivity index (χ4n) is 4.39. The number of benzene rings is 3. The third-order valence-corrected chi connectivity index (χ3v) is 6.31. The zero-order chi connectivity index (χ0) is 21.6. The lowest BCUT2D eigenvalue weighted by Gasteiger charge is -2.38. The third kappa shape index (κ3) is 5.23. The number of carbonyl (C=O) groups is 1. The standard InChI is InChI=1S/C28H32N2O/c1-3-23-13-15-26(16-14-23)30(28(31)25-7-5-4-6-8-25)27-17-19-29(20-18-27)21-24-11-9-22(2)10-12-24/h4-16,27H,3,17-21H2,1-2H3. The summed E-state index contributed by atoms with van der Waals surface area (Å²) in [6.45, 7) is 7.27. The number of hydrogen-bond acceptors (Lipinski definition) is 2. The van der Waals surface area contributed by atoms with Gasteiger partial charge in [-0.25, -0.2) is 0 Å². The molecule has 0 atom stereocenters. The second kappa shape index (κ2) is 9.93. The maximum Gasteiger partial charge on any atom is 0.258 e. The molecule has 0 radical (unpaired) electrons. The second-order valence-corrected chi connectivity index (χ2v) is 8.55. The fraction of sp³-hybridized carbons (Fsp3) is 0.321. The van der Waals surface area contributed by atoms with Crippen LogP contribution in [0.4, 0.5) is 5.69 Å². The lowest BCUT2D eigenvalue weighted by Crippen LogP contribution is -2.47. The summed E-state index contributed by atoms with van der Waals surface area (Å²) in [6.07, 6.45) is 2.98. The molecule has 0 spiro atoms. The summed E-state index contributed by atoms with van der Waals surface area (Å²) in [4.78, 5) is 18.1. The molecule has 1 heterocycles. The van der Waals surface area contributed by atoms with E-state index in [9.17, 15) is 4.79 Å². The van der Waals surface area contributed by atoms with Gasteiger partial charge >= 0.3 is 0 Å². The van der Waals surface area contributed by atoms with Crippen molar-refractivity contribution in [3.8, 4) is 0 Å². The minimum absolute atomic E-state index is 0.0989.